The summed E-state index contributed by atoms with van der Waals surface area (Å²) in [6, 6.07) is 0. The Morgan fingerprint density at radius 2 is 1.67 bits per heavy atom. The highest BCUT2D eigenvalue weighted by molar-refractivity contribution is 8.14. The van der Waals surface area contributed by atoms with Crippen molar-refractivity contribution in [2.75, 3.05) is 46.2 Å². The second-order valence-electron chi connectivity index (χ2n) is 7.24. The van der Waals surface area contributed by atoms with E-state index in [0.717, 1.165) is 45.7 Å². The maximum atomic E-state index is 12.1. The summed E-state index contributed by atoms with van der Waals surface area (Å²) in [7, 11) is 0. The zero-order valence-corrected chi connectivity index (χ0v) is 18.9. The number of hydrogen-bond acceptors (Lipinski definition) is 10. The molecule has 1 aliphatic rings. The Morgan fingerprint density at radius 1 is 0.967 bits per heavy atom. The van der Waals surface area contributed by atoms with Gasteiger partial charge < -0.3 is 18.9 Å². The van der Waals surface area contributed by atoms with Crippen LogP contribution in [0.15, 0.2) is 0 Å². The van der Waals surface area contributed by atoms with Gasteiger partial charge in [-0.05, 0) is 38.1 Å². The van der Waals surface area contributed by atoms with E-state index < -0.39 is 29.3 Å². The minimum atomic E-state index is -0.713. The van der Waals surface area contributed by atoms with E-state index in [1.54, 1.807) is 20.8 Å². The van der Waals surface area contributed by atoms with Gasteiger partial charge in [0.2, 0.25) is 6.79 Å². The number of carbonyl (C=O) groups is 4. The maximum Gasteiger partial charge on any atom is 0.370 e. The highest BCUT2D eigenvalue weighted by Gasteiger charge is 2.20. The highest BCUT2D eigenvalue weighted by Crippen LogP contribution is 2.17. The van der Waals surface area contributed by atoms with Crippen LogP contribution < -0.4 is 0 Å². The average Bonchev–Trinajstić information content (AvgIpc) is 2.72. The molecule has 1 saturated heterocycles. The van der Waals surface area contributed by atoms with E-state index in [0.29, 0.717) is 18.4 Å². The van der Waals surface area contributed by atoms with Crippen LogP contribution >= 0.6 is 11.8 Å². The normalized spacial score (nSPS) is 15.5. The van der Waals surface area contributed by atoms with Gasteiger partial charge in [0.25, 0.3) is 0 Å². The second-order valence-corrected chi connectivity index (χ2v) is 8.51. The van der Waals surface area contributed by atoms with Crippen LogP contribution in [-0.4, -0.2) is 79.4 Å². The van der Waals surface area contributed by atoms with Crippen molar-refractivity contribution in [1.29, 1.82) is 0 Å². The van der Waals surface area contributed by atoms with Crippen LogP contribution in [0.2, 0.25) is 0 Å². The summed E-state index contributed by atoms with van der Waals surface area (Å²) in [5.41, 5.74) is 0. The molecule has 30 heavy (non-hydrogen) atoms. The molecule has 1 unspecified atom stereocenters. The van der Waals surface area contributed by atoms with Gasteiger partial charge in [0.05, 0.1) is 37.4 Å². The van der Waals surface area contributed by atoms with Crippen molar-refractivity contribution in [1.82, 2.24) is 4.90 Å². The fraction of sp³-hybridized carbons (Fsp3) is 0.800. The summed E-state index contributed by atoms with van der Waals surface area (Å²) < 4.78 is 19.9. The number of carbonyl (C=O) groups excluding carboxylic acids is 4. The summed E-state index contributed by atoms with van der Waals surface area (Å²) >= 11 is 0.690. The van der Waals surface area contributed by atoms with E-state index in [9.17, 15) is 19.2 Å². The Balaban J connectivity index is 2.07. The van der Waals surface area contributed by atoms with Crippen molar-refractivity contribution < 1.29 is 38.1 Å². The van der Waals surface area contributed by atoms with Crippen LogP contribution in [0.25, 0.3) is 0 Å². The summed E-state index contributed by atoms with van der Waals surface area (Å²) in [5, 5.41) is -1.38. The van der Waals surface area contributed by atoms with Gasteiger partial charge in [-0.1, -0.05) is 13.8 Å². The zero-order chi connectivity index (χ0) is 22.4. The fourth-order valence-electron chi connectivity index (χ4n) is 2.50. The SMILES string of the molecule is CC(C)C(=O)OCOC(=O)SC(C)C(=O)CCC(=O)OCCCCN1CCOCC1. The first-order valence-electron chi connectivity index (χ1n) is 10.3. The molecule has 0 amide bonds. The smallest absolute Gasteiger partial charge is 0.370 e. The largest absolute Gasteiger partial charge is 0.466 e. The number of Topliss-reactive ketones (excluding diaryl/α,β-unsaturated/α-hetero) is 1. The van der Waals surface area contributed by atoms with Crippen LogP contribution in [0.1, 0.15) is 46.5 Å². The number of thioether (sulfide) groups is 1. The molecule has 1 fully saturated rings. The van der Waals surface area contributed by atoms with Gasteiger partial charge in [-0.15, -0.1) is 0 Å². The highest BCUT2D eigenvalue weighted by atomic mass is 32.2. The molecule has 0 aromatic heterocycles. The number of hydrogen-bond donors (Lipinski definition) is 0. The van der Waals surface area contributed by atoms with E-state index >= 15 is 0 Å². The van der Waals surface area contributed by atoms with Gasteiger partial charge in [0, 0.05) is 19.5 Å². The Bertz CT molecular complexity index is 563. The monoisotopic (exact) mass is 447 g/mol. The molecule has 10 heteroatoms. The first-order chi connectivity index (χ1) is 14.3. The van der Waals surface area contributed by atoms with Crippen molar-refractivity contribution in [2.24, 2.45) is 5.92 Å². The molecule has 1 aliphatic heterocycles. The Morgan fingerprint density at radius 3 is 2.33 bits per heavy atom. The maximum absolute atomic E-state index is 12.1. The van der Waals surface area contributed by atoms with Crippen molar-refractivity contribution in [3.05, 3.63) is 0 Å². The third-order valence-electron chi connectivity index (χ3n) is 4.39. The molecular formula is C20H33NO8S. The third-order valence-corrected chi connectivity index (χ3v) is 5.31. The molecule has 0 saturated carbocycles. The van der Waals surface area contributed by atoms with Crippen molar-refractivity contribution in [3.8, 4) is 0 Å². The lowest BCUT2D eigenvalue weighted by molar-refractivity contribution is -0.155. The summed E-state index contributed by atoms with van der Waals surface area (Å²) in [6.45, 7) is 9.11. The predicted molar refractivity (Wildman–Crippen MR) is 111 cm³/mol. The molecule has 1 rings (SSSR count). The number of unbranched alkanes of at least 4 members (excludes halogenated alkanes) is 1. The Hall–Kier alpha value is -1.65. The lowest BCUT2D eigenvalue weighted by atomic mass is 10.2. The van der Waals surface area contributed by atoms with Crippen molar-refractivity contribution in [2.45, 2.75) is 51.7 Å². The lowest BCUT2D eigenvalue weighted by Gasteiger charge is -2.26. The molecule has 9 nitrogen and oxygen atoms in total. The van der Waals surface area contributed by atoms with Gasteiger partial charge >= 0.3 is 17.2 Å². The van der Waals surface area contributed by atoms with Crippen LogP contribution in [0.4, 0.5) is 4.79 Å². The third kappa shape index (κ3) is 12.1. The van der Waals surface area contributed by atoms with Gasteiger partial charge in [0.15, 0.2) is 0 Å². The Labute approximate surface area is 182 Å². The van der Waals surface area contributed by atoms with Gasteiger partial charge in [0.1, 0.15) is 5.78 Å². The number of ether oxygens (including phenoxy) is 4. The van der Waals surface area contributed by atoms with E-state index in [1.165, 1.54) is 0 Å². The number of morpholine rings is 1. The summed E-state index contributed by atoms with van der Waals surface area (Å²) in [4.78, 5) is 49.1. The first-order valence-corrected chi connectivity index (χ1v) is 11.2. The number of esters is 2. The molecule has 0 aliphatic carbocycles. The summed E-state index contributed by atoms with van der Waals surface area (Å²) in [5.74, 6) is -1.46. The van der Waals surface area contributed by atoms with Crippen LogP contribution in [0, 0.1) is 5.92 Å². The zero-order valence-electron chi connectivity index (χ0n) is 18.1. The standard InChI is InChI=1S/C20H33NO8S/c1-15(2)19(24)28-14-29-20(25)30-16(3)17(22)6-7-18(23)27-11-5-4-8-21-9-12-26-13-10-21/h15-16H,4-14H2,1-3H3. The van der Waals surface area contributed by atoms with Crippen LogP contribution in [0.5, 0.6) is 0 Å². The van der Waals surface area contributed by atoms with Crippen molar-refractivity contribution >= 4 is 34.8 Å². The minimum Gasteiger partial charge on any atom is -0.466 e. The quantitative estimate of drug-likeness (QED) is 0.237. The fourth-order valence-corrected chi connectivity index (χ4v) is 3.15. The van der Waals surface area contributed by atoms with Gasteiger partial charge in [-0.2, -0.15) is 0 Å². The molecule has 0 spiro atoms. The van der Waals surface area contributed by atoms with Gasteiger partial charge in [-0.25, -0.2) is 4.79 Å². The second kappa shape index (κ2) is 15.2. The minimum absolute atomic E-state index is 0.00358. The average molecular weight is 448 g/mol. The molecule has 0 bridgehead atoms. The summed E-state index contributed by atoms with van der Waals surface area (Å²) in [6.07, 6.45) is 1.69. The lowest BCUT2D eigenvalue weighted by Crippen LogP contribution is -2.36. The van der Waals surface area contributed by atoms with E-state index in [4.69, 9.17) is 18.9 Å². The predicted octanol–water partition coefficient (Wildman–Crippen LogP) is 2.41. The first kappa shape index (κ1) is 26.4. The molecule has 1 heterocycles. The molecule has 0 N–H and O–H groups in total. The molecular weight excluding hydrogens is 414 g/mol. The molecule has 0 radical (unpaired) electrons. The molecule has 0 aromatic rings. The van der Waals surface area contributed by atoms with E-state index in [1.807, 2.05) is 0 Å². The van der Waals surface area contributed by atoms with Crippen LogP contribution in [-0.2, 0) is 33.3 Å². The number of nitrogens with zero attached hydrogens (tertiary/aromatic N) is 1. The van der Waals surface area contributed by atoms with Crippen molar-refractivity contribution in [3.63, 3.8) is 0 Å². The Kier molecular flexibility index (Phi) is 13.4. The van der Waals surface area contributed by atoms with Gasteiger partial charge in [-0.3, -0.25) is 19.3 Å². The van der Waals surface area contributed by atoms with E-state index in [-0.39, 0.29) is 24.5 Å². The molecule has 1 atom stereocenters. The molecule has 0 aromatic carbocycles. The molecule has 172 valence electrons. The van der Waals surface area contributed by atoms with Crippen LogP contribution in [0.3, 0.4) is 0 Å². The number of rotatable bonds is 13. The van der Waals surface area contributed by atoms with E-state index in [2.05, 4.69) is 4.90 Å². The number of ketones is 1. The topological polar surface area (TPSA) is 108 Å².